The van der Waals surface area contributed by atoms with Gasteiger partial charge in [0.15, 0.2) is 0 Å². The van der Waals surface area contributed by atoms with E-state index in [1.165, 1.54) is 0 Å². The minimum atomic E-state index is 0.507. The Balaban J connectivity index is 4.39. The summed E-state index contributed by atoms with van der Waals surface area (Å²) < 4.78 is 0. The predicted molar refractivity (Wildman–Crippen MR) is 69.7 cm³/mol. The second kappa shape index (κ2) is 6.71. The molecule has 1 nitrogen and oxygen atoms in total. The van der Waals surface area contributed by atoms with Crippen molar-refractivity contribution in [3.05, 3.63) is 24.9 Å². The zero-order chi connectivity index (χ0) is 12.0. The van der Waals surface area contributed by atoms with Crippen LogP contribution in [-0.4, -0.2) is 6.04 Å². The Bertz CT molecular complexity index is 205. The first-order chi connectivity index (χ1) is 6.93. The minimum Gasteiger partial charge on any atom is -0.383 e. The molecule has 0 amide bonds. The van der Waals surface area contributed by atoms with E-state index in [1.54, 1.807) is 6.08 Å². The molecule has 0 fully saturated rings. The number of hydrogen-bond acceptors (Lipinski definition) is 1. The lowest BCUT2D eigenvalue weighted by Gasteiger charge is -2.32. The van der Waals surface area contributed by atoms with Crippen LogP contribution in [0.25, 0.3) is 0 Å². The SMILES string of the molecule is C=CC(=C)NC(CC)C(C)C(C)C(C)C. The Hall–Kier alpha value is -0.720. The van der Waals surface area contributed by atoms with Gasteiger partial charge in [0.1, 0.15) is 0 Å². The van der Waals surface area contributed by atoms with Crippen molar-refractivity contribution in [2.75, 3.05) is 0 Å². The summed E-state index contributed by atoms with van der Waals surface area (Å²) in [7, 11) is 0. The third-order valence-electron chi connectivity index (χ3n) is 3.57. The lowest BCUT2D eigenvalue weighted by Crippen LogP contribution is -2.37. The van der Waals surface area contributed by atoms with E-state index < -0.39 is 0 Å². The fraction of sp³-hybridized carbons (Fsp3) is 0.714. The summed E-state index contributed by atoms with van der Waals surface area (Å²) in [6.07, 6.45) is 2.92. The molecule has 0 aliphatic heterocycles. The van der Waals surface area contributed by atoms with Gasteiger partial charge in [-0.2, -0.15) is 0 Å². The van der Waals surface area contributed by atoms with Crippen LogP contribution in [0, 0.1) is 17.8 Å². The Morgan fingerprint density at radius 1 is 1.20 bits per heavy atom. The topological polar surface area (TPSA) is 12.0 Å². The molecule has 0 spiro atoms. The highest BCUT2D eigenvalue weighted by atomic mass is 14.9. The Morgan fingerprint density at radius 2 is 1.73 bits per heavy atom. The van der Waals surface area contributed by atoms with E-state index >= 15 is 0 Å². The number of hydrogen-bond donors (Lipinski definition) is 1. The third kappa shape index (κ3) is 4.55. The maximum Gasteiger partial charge on any atom is 0.0286 e. The van der Waals surface area contributed by atoms with Crippen LogP contribution >= 0.6 is 0 Å². The van der Waals surface area contributed by atoms with Gasteiger partial charge in [0, 0.05) is 11.7 Å². The Kier molecular flexibility index (Phi) is 6.38. The van der Waals surface area contributed by atoms with Crippen LogP contribution in [0.4, 0.5) is 0 Å². The molecular formula is C14H27N. The van der Waals surface area contributed by atoms with Gasteiger partial charge in [0.05, 0.1) is 0 Å². The molecule has 0 bridgehead atoms. The number of rotatable bonds is 7. The molecule has 1 heteroatoms. The molecule has 3 unspecified atom stereocenters. The van der Waals surface area contributed by atoms with Gasteiger partial charge in [0.2, 0.25) is 0 Å². The Morgan fingerprint density at radius 3 is 2.07 bits per heavy atom. The van der Waals surface area contributed by atoms with Gasteiger partial charge in [0.25, 0.3) is 0 Å². The normalized spacial score (nSPS) is 16.9. The fourth-order valence-electron chi connectivity index (χ4n) is 1.88. The summed E-state index contributed by atoms with van der Waals surface area (Å²) >= 11 is 0. The molecule has 88 valence electrons. The van der Waals surface area contributed by atoms with Gasteiger partial charge in [-0.3, -0.25) is 0 Å². The summed E-state index contributed by atoms with van der Waals surface area (Å²) in [5.74, 6) is 2.11. The fourth-order valence-corrected chi connectivity index (χ4v) is 1.88. The van der Waals surface area contributed by atoms with Crippen LogP contribution in [0.3, 0.4) is 0 Å². The van der Waals surface area contributed by atoms with Crippen molar-refractivity contribution in [2.45, 2.75) is 47.1 Å². The summed E-state index contributed by atoms with van der Waals surface area (Å²) in [5, 5.41) is 3.44. The van der Waals surface area contributed by atoms with E-state index in [0.717, 1.165) is 24.0 Å². The molecule has 1 N–H and O–H groups in total. The molecule has 0 aromatic carbocycles. The highest BCUT2D eigenvalue weighted by molar-refractivity contribution is 5.09. The van der Waals surface area contributed by atoms with Crippen LogP contribution in [0.2, 0.25) is 0 Å². The second-order valence-electron chi connectivity index (χ2n) is 4.85. The summed E-state index contributed by atoms with van der Waals surface area (Å²) in [6, 6.07) is 0.507. The third-order valence-corrected chi connectivity index (χ3v) is 3.57. The van der Waals surface area contributed by atoms with Gasteiger partial charge in [-0.05, 0) is 30.3 Å². The summed E-state index contributed by atoms with van der Waals surface area (Å²) in [6.45, 7) is 19.1. The van der Waals surface area contributed by atoms with Crippen LogP contribution in [0.5, 0.6) is 0 Å². The van der Waals surface area contributed by atoms with Crippen LogP contribution in [-0.2, 0) is 0 Å². The van der Waals surface area contributed by atoms with E-state index in [-0.39, 0.29) is 0 Å². The van der Waals surface area contributed by atoms with Crippen molar-refractivity contribution < 1.29 is 0 Å². The highest BCUT2D eigenvalue weighted by Gasteiger charge is 2.23. The first kappa shape index (κ1) is 14.3. The highest BCUT2D eigenvalue weighted by Crippen LogP contribution is 2.24. The van der Waals surface area contributed by atoms with Crippen molar-refractivity contribution in [3.8, 4) is 0 Å². The van der Waals surface area contributed by atoms with Gasteiger partial charge < -0.3 is 5.32 Å². The van der Waals surface area contributed by atoms with Crippen LogP contribution in [0.1, 0.15) is 41.0 Å². The van der Waals surface area contributed by atoms with Gasteiger partial charge in [-0.1, -0.05) is 47.8 Å². The monoisotopic (exact) mass is 209 g/mol. The number of nitrogens with one attached hydrogen (secondary N) is 1. The largest absolute Gasteiger partial charge is 0.383 e. The first-order valence-electron chi connectivity index (χ1n) is 6.01. The second-order valence-corrected chi connectivity index (χ2v) is 4.85. The molecule has 0 radical (unpaired) electrons. The lowest BCUT2D eigenvalue weighted by atomic mass is 9.81. The summed E-state index contributed by atoms with van der Waals surface area (Å²) in [4.78, 5) is 0. The van der Waals surface area contributed by atoms with Crippen molar-refractivity contribution in [2.24, 2.45) is 17.8 Å². The predicted octanol–water partition coefficient (Wildman–Crippen LogP) is 3.98. The van der Waals surface area contributed by atoms with Gasteiger partial charge in [-0.15, -0.1) is 0 Å². The molecule has 0 heterocycles. The standard InChI is InChI=1S/C14H27N/c1-8-11(5)15-14(9-2)13(7)12(6)10(3)4/h8,10,12-15H,1,5,9H2,2-4,6-7H3. The molecular weight excluding hydrogens is 182 g/mol. The molecule has 0 saturated carbocycles. The van der Waals surface area contributed by atoms with E-state index in [0.29, 0.717) is 12.0 Å². The molecule has 15 heavy (non-hydrogen) atoms. The van der Waals surface area contributed by atoms with Crippen LogP contribution < -0.4 is 5.32 Å². The van der Waals surface area contributed by atoms with E-state index in [9.17, 15) is 0 Å². The van der Waals surface area contributed by atoms with Crippen LogP contribution in [0.15, 0.2) is 24.9 Å². The van der Waals surface area contributed by atoms with Gasteiger partial charge >= 0.3 is 0 Å². The average Bonchev–Trinajstić information content (AvgIpc) is 2.23. The molecule has 0 saturated heterocycles. The van der Waals surface area contributed by atoms with Crippen molar-refractivity contribution in [3.63, 3.8) is 0 Å². The van der Waals surface area contributed by atoms with Crippen molar-refractivity contribution in [1.82, 2.24) is 5.32 Å². The van der Waals surface area contributed by atoms with Crippen molar-refractivity contribution >= 4 is 0 Å². The first-order valence-corrected chi connectivity index (χ1v) is 6.01. The number of allylic oxidation sites excluding steroid dienone is 1. The molecule has 0 aliphatic rings. The van der Waals surface area contributed by atoms with E-state index in [1.807, 2.05) is 0 Å². The Labute approximate surface area is 95.7 Å². The molecule has 0 aliphatic carbocycles. The van der Waals surface area contributed by atoms with E-state index in [4.69, 9.17) is 0 Å². The average molecular weight is 209 g/mol. The minimum absolute atomic E-state index is 0.507. The quantitative estimate of drug-likeness (QED) is 0.625. The molecule has 0 aromatic rings. The van der Waals surface area contributed by atoms with Crippen molar-refractivity contribution in [1.29, 1.82) is 0 Å². The molecule has 0 aromatic heterocycles. The smallest absolute Gasteiger partial charge is 0.0286 e. The van der Waals surface area contributed by atoms with Gasteiger partial charge in [-0.25, -0.2) is 0 Å². The molecule has 3 atom stereocenters. The zero-order valence-electron chi connectivity index (χ0n) is 11.0. The zero-order valence-corrected chi connectivity index (χ0v) is 11.0. The molecule has 0 rings (SSSR count). The summed E-state index contributed by atoms with van der Waals surface area (Å²) in [5.41, 5.74) is 0.935. The van der Waals surface area contributed by atoms with E-state index in [2.05, 4.69) is 53.1 Å². The lowest BCUT2D eigenvalue weighted by molar-refractivity contribution is 0.235. The maximum atomic E-state index is 3.92. The maximum absolute atomic E-state index is 3.92.